The molecular formula is C19H15FN2O4S. The lowest BCUT2D eigenvalue weighted by Gasteiger charge is -2.17. The zero-order chi connectivity index (χ0) is 19.4. The number of thiocarbonyl (C=S) groups is 1. The number of methoxy groups -OCH3 is 1. The summed E-state index contributed by atoms with van der Waals surface area (Å²) in [6.45, 7) is 0.101. The van der Waals surface area contributed by atoms with E-state index in [0.29, 0.717) is 22.6 Å². The minimum absolute atomic E-state index is 0.0422. The fourth-order valence-electron chi connectivity index (χ4n) is 2.44. The van der Waals surface area contributed by atoms with Crippen molar-refractivity contribution in [3.05, 3.63) is 65.0 Å². The van der Waals surface area contributed by atoms with Crippen LogP contribution in [0.3, 0.4) is 0 Å². The largest absolute Gasteiger partial charge is 0.497 e. The van der Waals surface area contributed by atoms with Crippen molar-refractivity contribution in [2.24, 2.45) is 0 Å². The van der Waals surface area contributed by atoms with Crippen molar-refractivity contribution in [3.63, 3.8) is 0 Å². The van der Waals surface area contributed by atoms with Gasteiger partial charge in [-0.2, -0.15) is 0 Å². The molecule has 0 spiro atoms. The van der Waals surface area contributed by atoms with Crippen LogP contribution in [0.4, 0.5) is 4.39 Å². The van der Waals surface area contributed by atoms with Crippen molar-refractivity contribution in [2.45, 2.75) is 6.61 Å². The van der Waals surface area contributed by atoms with Gasteiger partial charge in [0.15, 0.2) is 5.11 Å². The zero-order valence-corrected chi connectivity index (χ0v) is 15.1. The summed E-state index contributed by atoms with van der Waals surface area (Å²) in [4.78, 5) is 24.1. The van der Waals surface area contributed by atoms with E-state index in [0.717, 1.165) is 0 Å². The van der Waals surface area contributed by atoms with E-state index in [1.807, 2.05) is 0 Å². The van der Waals surface area contributed by atoms with Gasteiger partial charge in [0.1, 0.15) is 29.5 Å². The molecule has 2 aromatic rings. The maximum atomic E-state index is 13.3. The van der Waals surface area contributed by atoms with Crippen LogP contribution in [0.2, 0.25) is 0 Å². The Balaban J connectivity index is 1.91. The van der Waals surface area contributed by atoms with Crippen LogP contribution in [-0.4, -0.2) is 24.0 Å². The summed E-state index contributed by atoms with van der Waals surface area (Å²) in [6.07, 6.45) is 1.40. The predicted octanol–water partition coefficient (Wildman–Crippen LogP) is 2.33. The SMILES string of the molecule is COc1ccc(C=C2C(=O)NC(=S)NC2=O)c(OCc2cccc(F)c2)c1. The molecule has 0 unspecified atom stereocenters. The number of carbonyl (C=O) groups excluding carboxylic acids is 2. The Morgan fingerprint density at radius 2 is 1.85 bits per heavy atom. The number of hydrogen-bond donors (Lipinski definition) is 2. The molecule has 0 aliphatic carbocycles. The van der Waals surface area contributed by atoms with E-state index in [1.54, 1.807) is 30.3 Å². The van der Waals surface area contributed by atoms with Crippen LogP contribution < -0.4 is 20.1 Å². The number of nitrogens with one attached hydrogen (secondary N) is 2. The first-order valence-electron chi connectivity index (χ1n) is 7.90. The van der Waals surface area contributed by atoms with Crippen molar-refractivity contribution >= 4 is 35.2 Å². The first kappa shape index (κ1) is 18.5. The van der Waals surface area contributed by atoms with Gasteiger partial charge in [-0.05, 0) is 48.1 Å². The monoisotopic (exact) mass is 386 g/mol. The highest BCUT2D eigenvalue weighted by molar-refractivity contribution is 7.80. The summed E-state index contributed by atoms with van der Waals surface area (Å²) >= 11 is 4.78. The molecule has 1 saturated heterocycles. The number of rotatable bonds is 5. The van der Waals surface area contributed by atoms with Gasteiger partial charge in [-0.15, -0.1) is 0 Å². The van der Waals surface area contributed by atoms with E-state index in [1.165, 1.54) is 25.3 Å². The third-order valence-electron chi connectivity index (χ3n) is 3.75. The minimum atomic E-state index is -0.601. The summed E-state index contributed by atoms with van der Waals surface area (Å²) in [5.41, 5.74) is 1.01. The minimum Gasteiger partial charge on any atom is -0.497 e. The van der Waals surface area contributed by atoms with Gasteiger partial charge in [-0.25, -0.2) is 4.39 Å². The Morgan fingerprint density at radius 1 is 1.11 bits per heavy atom. The molecule has 3 rings (SSSR count). The highest BCUT2D eigenvalue weighted by atomic mass is 32.1. The molecule has 1 aliphatic rings. The fraction of sp³-hybridized carbons (Fsp3) is 0.105. The van der Waals surface area contributed by atoms with Gasteiger partial charge in [0.25, 0.3) is 11.8 Å². The Morgan fingerprint density at radius 3 is 2.52 bits per heavy atom. The molecule has 27 heavy (non-hydrogen) atoms. The molecule has 8 heteroatoms. The van der Waals surface area contributed by atoms with Crippen molar-refractivity contribution in [1.29, 1.82) is 0 Å². The Kier molecular flexibility index (Phi) is 5.46. The summed E-state index contributed by atoms with van der Waals surface area (Å²) in [5.74, 6) is -0.660. The summed E-state index contributed by atoms with van der Waals surface area (Å²) < 4.78 is 24.3. The lowest BCUT2D eigenvalue weighted by molar-refractivity contribution is -0.123. The quantitative estimate of drug-likeness (QED) is 0.469. The summed E-state index contributed by atoms with van der Waals surface area (Å²) in [6, 6.07) is 11.0. The van der Waals surface area contributed by atoms with Gasteiger partial charge >= 0.3 is 0 Å². The fourth-order valence-corrected chi connectivity index (χ4v) is 2.62. The number of benzene rings is 2. The third kappa shape index (κ3) is 4.48. The standard InChI is InChI=1S/C19H15FN2O4S/c1-25-14-6-5-12(8-15-17(23)21-19(27)22-18(15)24)16(9-14)26-10-11-3-2-4-13(20)7-11/h2-9H,10H2,1H3,(H2,21,22,23,24,27). The Hall–Kier alpha value is -3.26. The first-order valence-corrected chi connectivity index (χ1v) is 8.31. The molecule has 0 aromatic heterocycles. The molecule has 6 nitrogen and oxygen atoms in total. The molecular weight excluding hydrogens is 371 g/mol. The molecule has 2 aromatic carbocycles. The highest BCUT2D eigenvalue weighted by Crippen LogP contribution is 2.28. The van der Waals surface area contributed by atoms with Crippen LogP contribution >= 0.6 is 12.2 Å². The van der Waals surface area contributed by atoms with Crippen LogP contribution in [0.1, 0.15) is 11.1 Å². The number of halogens is 1. The molecule has 1 heterocycles. The zero-order valence-electron chi connectivity index (χ0n) is 14.2. The Labute approximate surface area is 160 Å². The molecule has 138 valence electrons. The normalized spacial score (nSPS) is 13.7. The second-order valence-electron chi connectivity index (χ2n) is 5.62. The van der Waals surface area contributed by atoms with E-state index in [-0.39, 0.29) is 23.1 Å². The van der Waals surface area contributed by atoms with Crippen molar-refractivity contribution in [1.82, 2.24) is 10.6 Å². The molecule has 2 amide bonds. The van der Waals surface area contributed by atoms with Gasteiger partial charge in [0.2, 0.25) is 0 Å². The molecule has 1 fully saturated rings. The van der Waals surface area contributed by atoms with E-state index >= 15 is 0 Å². The summed E-state index contributed by atoms with van der Waals surface area (Å²) in [5, 5.41) is 4.70. The van der Waals surface area contributed by atoms with E-state index in [2.05, 4.69) is 10.6 Å². The van der Waals surface area contributed by atoms with E-state index in [4.69, 9.17) is 21.7 Å². The molecule has 2 N–H and O–H groups in total. The number of hydrogen-bond acceptors (Lipinski definition) is 5. The van der Waals surface area contributed by atoms with Crippen molar-refractivity contribution in [3.8, 4) is 11.5 Å². The first-order chi connectivity index (χ1) is 13.0. The van der Waals surface area contributed by atoms with E-state index < -0.39 is 11.8 Å². The van der Waals surface area contributed by atoms with Crippen LogP contribution in [0.5, 0.6) is 11.5 Å². The second-order valence-corrected chi connectivity index (χ2v) is 6.03. The lowest BCUT2D eigenvalue weighted by atomic mass is 10.1. The van der Waals surface area contributed by atoms with Crippen molar-refractivity contribution < 1.29 is 23.5 Å². The maximum Gasteiger partial charge on any atom is 0.263 e. The number of carbonyl (C=O) groups is 2. The Bertz CT molecular complexity index is 936. The molecule has 0 atom stereocenters. The predicted molar refractivity (Wildman–Crippen MR) is 101 cm³/mol. The van der Waals surface area contributed by atoms with Gasteiger partial charge in [0.05, 0.1) is 7.11 Å². The number of ether oxygens (including phenoxy) is 2. The van der Waals surface area contributed by atoms with E-state index in [9.17, 15) is 14.0 Å². The maximum absolute atomic E-state index is 13.3. The smallest absolute Gasteiger partial charge is 0.263 e. The van der Waals surface area contributed by atoms with Crippen LogP contribution in [0.15, 0.2) is 48.0 Å². The average molecular weight is 386 g/mol. The van der Waals surface area contributed by atoms with Gasteiger partial charge in [-0.3, -0.25) is 20.2 Å². The molecule has 0 radical (unpaired) electrons. The molecule has 0 bridgehead atoms. The number of amides is 2. The van der Waals surface area contributed by atoms with Crippen molar-refractivity contribution in [2.75, 3.05) is 7.11 Å². The summed E-state index contributed by atoms with van der Waals surface area (Å²) in [7, 11) is 1.51. The average Bonchev–Trinajstić information content (AvgIpc) is 2.63. The highest BCUT2D eigenvalue weighted by Gasteiger charge is 2.26. The third-order valence-corrected chi connectivity index (χ3v) is 3.95. The van der Waals surface area contributed by atoms with Crippen LogP contribution in [-0.2, 0) is 16.2 Å². The van der Waals surface area contributed by atoms with Gasteiger partial charge < -0.3 is 9.47 Å². The van der Waals surface area contributed by atoms with Gasteiger partial charge in [0, 0.05) is 11.6 Å². The topological polar surface area (TPSA) is 76.7 Å². The molecule has 0 saturated carbocycles. The van der Waals surface area contributed by atoms with Gasteiger partial charge in [-0.1, -0.05) is 12.1 Å². The lowest BCUT2D eigenvalue weighted by Crippen LogP contribution is -2.51. The second kappa shape index (κ2) is 7.96. The van der Waals surface area contributed by atoms with Crippen LogP contribution in [0, 0.1) is 5.82 Å². The molecule has 1 aliphatic heterocycles. The van der Waals surface area contributed by atoms with Crippen LogP contribution in [0.25, 0.3) is 6.08 Å².